The van der Waals surface area contributed by atoms with E-state index in [-0.39, 0.29) is 26.6 Å². The molecule has 0 aliphatic rings. The monoisotopic (exact) mass is 515 g/mol. The molecular formula is C28H27N4O4S+. The van der Waals surface area contributed by atoms with Crippen LogP contribution in [0, 0.1) is 13.8 Å². The number of aryl methyl sites for hydroxylation is 4. The molecule has 0 unspecified atom stereocenters. The number of nitrogen functional groups attached to an aromatic ring is 1. The van der Waals surface area contributed by atoms with Crippen LogP contribution in [0.15, 0.2) is 87.5 Å². The summed E-state index contributed by atoms with van der Waals surface area (Å²) < 4.78 is 35.7. The SMILES string of the molecule is COc1ccc(CC[n+]2c(N)c(S(=O)(=O)c3ccc(C)cc3)cc3c(=O)n4cccc(C)c4nc32)cc1. The Morgan fingerprint density at radius 1 is 1.03 bits per heavy atom. The minimum atomic E-state index is -4.01. The van der Waals surface area contributed by atoms with Gasteiger partial charge in [-0.3, -0.25) is 9.20 Å². The summed E-state index contributed by atoms with van der Waals surface area (Å²) in [7, 11) is -2.40. The van der Waals surface area contributed by atoms with Crippen molar-refractivity contribution >= 4 is 32.3 Å². The minimum absolute atomic E-state index is 0.0337. The Bertz CT molecular complexity index is 1810. The molecule has 188 valence electrons. The summed E-state index contributed by atoms with van der Waals surface area (Å²) in [6.45, 7) is 4.07. The van der Waals surface area contributed by atoms with Crippen LogP contribution in [0.5, 0.6) is 5.75 Å². The van der Waals surface area contributed by atoms with Gasteiger partial charge in [0, 0.05) is 18.2 Å². The molecule has 2 N–H and O–H groups in total. The molecule has 0 saturated heterocycles. The number of fused-ring (bicyclic) bond motifs is 2. The van der Waals surface area contributed by atoms with Crippen molar-refractivity contribution in [3.63, 3.8) is 0 Å². The normalized spacial score (nSPS) is 11.8. The van der Waals surface area contributed by atoms with Gasteiger partial charge < -0.3 is 10.5 Å². The van der Waals surface area contributed by atoms with Gasteiger partial charge >= 0.3 is 0 Å². The number of benzene rings is 2. The van der Waals surface area contributed by atoms with Crippen molar-refractivity contribution in [3.05, 3.63) is 100.0 Å². The highest BCUT2D eigenvalue weighted by Crippen LogP contribution is 2.27. The number of aromatic nitrogens is 3. The first-order chi connectivity index (χ1) is 17.7. The quantitative estimate of drug-likeness (QED) is 0.274. The van der Waals surface area contributed by atoms with Crippen molar-refractivity contribution in [2.45, 2.75) is 36.6 Å². The van der Waals surface area contributed by atoms with Crippen LogP contribution in [0.4, 0.5) is 5.82 Å². The summed E-state index contributed by atoms with van der Waals surface area (Å²) in [4.78, 5) is 18.3. The molecular weight excluding hydrogens is 488 g/mol. The fourth-order valence-electron chi connectivity index (χ4n) is 4.40. The molecule has 2 aromatic carbocycles. The molecule has 0 aliphatic heterocycles. The predicted octanol–water partition coefficient (Wildman–Crippen LogP) is 3.42. The molecule has 5 aromatic rings. The summed E-state index contributed by atoms with van der Waals surface area (Å²) in [5.74, 6) is 0.774. The molecule has 37 heavy (non-hydrogen) atoms. The summed E-state index contributed by atoms with van der Waals surface area (Å²) in [6, 6.07) is 19.1. The molecule has 0 bridgehead atoms. The molecule has 3 heterocycles. The summed E-state index contributed by atoms with van der Waals surface area (Å²) in [5, 5.41) is 0.178. The van der Waals surface area contributed by atoms with Gasteiger partial charge in [-0.05, 0) is 55.8 Å². The first kappa shape index (κ1) is 24.5. The number of ether oxygens (including phenoxy) is 1. The average Bonchev–Trinajstić information content (AvgIpc) is 2.89. The van der Waals surface area contributed by atoms with Gasteiger partial charge in [0.1, 0.15) is 16.0 Å². The van der Waals surface area contributed by atoms with Crippen molar-refractivity contribution in [1.29, 1.82) is 0 Å². The maximum absolute atomic E-state index is 13.7. The predicted molar refractivity (Wildman–Crippen MR) is 142 cm³/mol. The zero-order valence-corrected chi connectivity index (χ0v) is 21.6. The molecule has 3 aromatic heterocycles. The zero-order chi connectivity index (χ0) is 26.3. The van der Waals surface area contributed by atoms with Gasteiger partial charge in [-0.25, -0.2) is 13.0 Å². The zero-order valence-electron chi connectivity index (χ0n) is 20.8. The van der Waals surface area contributed by atoms with Crippen LogP contribution in [0.25, 0.3) is 16.7 Å². The highest BCUT2D eigenvalue weighted by atomic mass is 32.2. The lowest BCUT2D eigenvalue weighted by molar-refractivity contribution is -0.659. The number of rotatable bonds is 6. The second-order valence-electron chi connectivity index (χ2n) is 9.00. The summed E-state index contributed by atoms with van der Waals surface area (Å²) in [6.07, 6.45) is 2.17. The van der Waals surface area contributed by atoms with E-state index in [0.29, 0.717) is 24.3 Å². The van der Waals surface area contributed by atoms with E-state index in [1.165, 1.54) is 10.5 Å². The highest BCUT2D eigenvalue weighted by Gasteiger charge is 2.29. The number of nitrogens with zero attached hydrogens (tertiary/aromatic N) is 3. The fourth-order valence-corrected chi connectivity index (χ4v) is 5.81. The van der Waals surface area contributed by atoms with Gasteiger partial charge in [0.25, 0.3) is 11.2 Å². The lowest BCUT2D eigenvalue weighted by Gasteiger charge is -2.13. The van der Waals surface area contributed by atoms with Crippen LogP contribution in [0.2, 0.25) is 0 Å². The smallest absolute Gasteiger partial charge is 0.278 e. The van der Waals surface area contributed by atoms with E-state index < -0.39 is 9.84 Å². The fraction of sp³-hybridized carbons (Fsp3) is 0.179. The van der Waals surface area contributed by atoms with Crippen molar-refractivity contribution in [3.8, 4) is 5.75 Å². The largest absolute Gasteiger partial charge is 0.497 e. The van der Waals surface area contributed by atoms with E-state index in [1.54, 1.807) is 48.2 Å². The van der Waals surface area contributed by atoms with Gasteiger partial charge in [0.15, 0.2) is 0 Å². The molecule has 0 amide bonds. The lowest BCUT2D eigenvalue weighted by atomic mass is 10.1. The Balaban J connectivity index is 1.75. The van der Waals surface area contributed by atoms with Crippen LogP contribution in [0.1, 0.15) is 16.7 Å². The topological polar surface area (TPSA) is 108 Å². The molecule has 5 rings (SSSR count). The van der Waals surface area contributed by atoms with Gasteiger partial charge in [0.05, 0.1) is 18.6 Å². The number of nitrogens with two attached hydrogens (primary N) is 1. The molecule has 0 fully saturated rings. The molecule has 0 saturated carbocycles. The number of sulfone groups is 1. The van der Waals surface area contributed by atoms with E-state index >= 15 is 0 Å². The van der Waals surface area contributed by atoms with E-state index in [0.717, 1.165) is 22.4 Å². The average molecular weight is 516 g/mol. The van der Waals surface area contributed by atoms with Gasteiger partial charge in [0.2, 0.25) is 21.3 Å². The second kappa shape index (κ2) is 9.33. The molecule has 0 spiro atoms. The van der Waals surface area contributed by atoms with Crippen molar-refractivity contribution < 1.29 is 17.7 Å². The van der Waals surface area contributed by atoms with Crippen LogP contribution in [-0.2, 0) is 22.8 Å². The van der Waals surface area contributed by atoms with E-state index in [1.807, 2.05) is 44.2 Å². The number of hydrogen-bond acceptors (Lipinski definition) is 6. The van der Waals surface area contributed by atoms with E-state index in [2.05, 4.69) is 0 Å². The third kappa shape index (κ3) is 4.31. The Morgan fingerprint density at radius 2 is 1.73 bits per heavy atom. The van der Waals surface area contributed by atoms with E-state index in [4.69, 9.17) is 15.5 Å². The first-order valence-corrected chi connectivity index (χ1v) is 13.3. The third-order valence-corrected chi connectivity index (χ3v) is 8.34. The Morgan fingerprint density at radius 3 is 2.41 bits per heavy atom. The standard InChI is InChI=1S/C28H26N4O4S/c1-18-6-12-22(13-7-18)37(34,35)24-17-23-27(30-26-19(2)5-4-15-32(26)28(23)33)31(25(24)29)16-14-20-8-10-21(36-3)11-9-20/h4-13,15,17,29H,14,16H2,1-3H3/p+1. The number of methoxy groups -OCH3 is 1. The molecule has 8 nitrogen and oxygen atoms in total. The first-order valence-electron chi connectivity index (χ1n) is 11.8. The van der Waals surface area contributed by atoms with Crippen LogP contribution < -0.4 is 20.6 Å². The van der Waals surface area contributed by atoms with Crippen LogP contribution >= 0.6 is 0 Å². The molecule has 0 atom stereocenters. The molecule has 9 heteroatoms. The van der Waals surface area contributed by atoms with Gasteiger partial charge in [-0.15, -0.1) is 0 Å². The molecule has 0 radical (unpaired) electrons. The van der Waals surface area contributed by atoms with Gasteiger partial charge in [-0.2, -0.15) is 0 Å². The number of hydrogen-bond donors (Lipinski definition) is 1. The maximum atomic E-state index is 13.7. The Kier molecular flexibility index (Phi) is 6.16. The maximum Gasteiger partial charge on any atom is 0.278 e. The number of pyridine rings is 2. The Hall–Kier alpha value is -4.24. The van der Waals surface area contributed by atoms with Crippen molar-refractivity contribution in [1.82, 2.24) is 9.38 Å². The summed E-state index contributed by atoms with van der Waals surface area (Å²) >= 11 is 0. The second-order valence-corrected chi connectivity index (χ2v) is 10.9. The van der Waals surface area contributed by atoms with Crippen LogP contribution in [0.3, 0.4) is 0 Å². The number of anilines is 1. The van der Waals surface area contributed by atoms with Gasteiger partial charge in [-0.1, -0.05) is 40.9 Å². The summed E-state index contributed by atoms with van der Waals surface area (Å²) in [5.41, 5.74) is 9.79. The van der Waals surface area contributed by atoms with Crippen LogP contribution in [-0.4, -0.2) is 24.9 Å². The minimum Gasteiger partial charge on any atom is -0.497 e. The lowest BCUT2D eigenvalue weighted by Crippen LogP contribution is -2.42. The third-order valence-electron chi connectivity index (χ3n) is 6.54. The van der Waals surface area contributed by atoms with Crippen molar-refractivity contribution in [2.75, 3.05) is 12.8 Å². The Labute approximate surface area is 214 Å². The molecule has 0 aliphatic carbocycles. The highest BCUT2D eigenvalue weighted by molar-refractivity contribution is 7.91. The van der Waals surface area contributed by atoms with Crippen molar-refractivity contribution in [2.24, 2.45) is 0 Å². The van der Waals surface area contributed by atoms with E-state index in [9.17, 15) is 13.2 Å².